The molecule has 0 radical (unpaired) electrons. The zero-order valence-electron chi connectivity index (χ0n) is 17.2. The van der Waals surface area contributed by atoms with E-state index >= 15 is 0 Å². The van der Waals surface area contributed by atoms with Crippen LogP contribution in [0.25, 0.3) is 0 Å². The summed E-state index contributed by atoms with van der Waals surface area (Å²) in [4.78, 5) is 27.2. The fraction of sp³-hybridized carbons (Fsp3) is 0.391. The van der Waals surface area contributed by atoms with E-state index in [1.807, 2.05) is 50.2 Å². The van der Waals surface area contributed by atoms with Gasteiger partial charge >= 0.3 is 0 Å². The van der Waals surface area contributed by atoms with Crippen molar-refractivity contribution in [3.05, 3.63) is 54.1 Å². The van der Waals surface area contributed by atoms with Gasteiger partial charge in [-0.1, -0.05) is 12.1 Å². The summed E-state index contributed by atoms with van der Waals surface area (Å²) in [5, 5.41) is 2.97. The number of benzene rings is 2. The van der Waals surface area contributed by atoms with E-state index in [4.69, 9.17) is 9.47 Å². The van der Waals surface area contributed by atoms with Gasteiger partial charge in [0.25, 0.3) is 5.91 Å². The van der Waals surface area contributed by atoms with Crippen LogP contribution in [-0.2, 0) is 4.79 Å². The molecule has 1 aliphatic rings. The third-order valence-corrected chi connectivity index (χ3v) is 4.98. The lowest BCUT2D eigenvalue weighted by molar-refractivity contribution is -0.121. The maximum Gasteiger partial charge on any atom is 0.257 e. The molecule has 0 atom stereocenters. The van der Waals surface area contributed by atoms with Gasteiger partial charge in [-0.25, -0.2) is 0 Å². The van der Waals surface area contributed by atoms with E-state index in [0.717, 1.165) is 11.4 Å². The molecule has 29 heavy (non-hydrogen) atoms. The summed E-state index contributed by atoms with van der Waals surface area (Å²) in [6, 6.07) is 14.6. The Morgan fingerprint density at radius 3 is 2.31 bits per heavy atom. The SMILES string of the molecule is COc1ccccc1C(=O)N1CCC(C(=O)Nc2ccc(OC(C)C)cc2)CC1. The van der Waals surface area contributed by atoms with Crippen LogP contribution in [0, 0.1) is 5.92 Å². The van der Waals surface area contributed by atoms with Crippen molar-refractivity contribution in [2.45, 2.75) is 32.8 Å². The number of piperidine rings is 1. The van der Waals surface area contributed by atoms with Gasteiger partial charge in [0.2, 0.25) is 5.91 Å². The van der Waals surface area contributed by atoms with Crippen LogP contribution in [-0.4, -0.2) is 43.0 Å². The maximum atomic E-state index is 12.8. The second kappa shape index (κ2) is 9.45. The fourth-order valence-electron chi connectivity index (χ4n) is 3.47. The van der Waals surface area contributed by atoms with Gasteiger partial charge in [0, 0.05) is 24.7 Å². The molecule has 1 saturated heterocycles. The third-order valence-electron chi connectivity index (χ3n) is 4.98. The second-order valence-corrected chi connectivity index (χ2v) is 7.45. The number of likely N-dealkylation sites (tertiary alicyclic amines) is 1. The van der Waals surface area contributed by atoms with Crippen LogP contribution in [0.2, 0.25) is 0 Å². The molecule has 0 bridgehead atoms. The second-order valence-electron chi connectivity index (χ2n) is 7.45. The minimum atomic E-state index is -0.108. The monoisotopic (exact) mass is 396 g/mol. The lowest BCUT2D eigenvalue weighted by Crippen LogP contribution is -2.41. The third kappa shape index (κ3) is 5.28. The molecule has 0 unspecified atom stereocenters. The van der Waals surface area contributed by atoms with E-state index in [9.17, 15) is 9.59 Å². The van der Waals surface area contributed by atoms with Crippen molar-refractivity contribution >= 4 is 17.5 Å². The van der Waals surface area contributed by atoms with Gasteiger partial charge in [0.05, 0.1) is 18.8 Å². The number of nitrogens with one attached hydrogen (secondary N) is 1. The number of hydrogen-bond acceptors (Lipinski definition) is 4. The summed E-state index contributed by atoms with van der Waals surface area (Å²) in [6.45, 7) is 5.05. The Morgan fingerprint density at radius 2 is 1.69 bits per heavy atom. The van der Waals surface area contributed by atoms with E-state index in [2.05, 4.69) is 5.32 Å². The van der Waals surface area contributed by atoms with Crippen LogP contribution < -0.4 is 14.8 Å². The summed E-state index contributed by atoms with van der Waals surface area (Å²) < 4.78 is 10.9. The van der Waals surface area contributed by atoms with Crippen molar-refractivity contribution in [1.29, 1.82) is 0 Å². The fourth-order valence-corrected chi connectivity index (χ4v) is 3.47. The Morgan fingerprint density at radius 1 is 1.03 bits per heavy atom. The van der Waals surface area contributed by atoms with Crippen LogP contribution in [0.4, 0.5) is 5.69 Å². The van der Waals surface area contributed by atoms with Crippen molar-refractivity contribution in [2.24, 2.45) is 5.92 Å². The quantitative estimate of drug-likeness (QED) is 0.802. The summed E-state index contributed by atoms with van der Waals surface area (Å²) in [5.74, 6) is 1.18. The van der Waals surface area contributed by atoms with Crippen LogP contribution in [0.3, 0.4) is 0 Å². The first kappa shape index (κ1) is 20.7. The number of rotatable bonds is 6. The van der Waals surface area contributed by atoms with Crippen LogP contribution >= 0.6 is 0 Å². The minimum Gasteiger partial charge on any atom is -0.496 e. The Labute approximate surface area is 171 Å². The first-order valence-electron chi connectivity index (χ1n) is 9.98. The molecule has 1 N–H and O–H groups in total. The number of ether oxygens (including phenoxy) is 2. The number of anilines is 1. The van der Waals surface area contributed by atoms with E-state index in [1.54, 1.807) is 24.1 Å². The molecule has 2 amide bonds. The topological polar surface area (TPSA) is 67.9 Å². The molecule has 0 aromatic heterocycles. The van der Waals surface area contributed by atoms with Gasteiger partial charge < -0.3 is 19.7 Å². The van der Waals surface area contributed by atoms with Gasteiger partial charge in [-0.3, -0.25) is 9.59 Å². The van der Waals surface area contributed by atoms with E-state index in [1.165, 1.54) is 0 Å². The molecule has 3 rings (SSSR count). The van der Waals surface area contributed by atoms with Crippen LogP contribution in [0.5, 0.6) is 11.5 Å². The first-order valence-corrected chi connectivity index (χ1v) is 9.98. The molecule has 1 aliphatic heterocycles. The normalized spacial score (nSPS) is 14.6. The molecule has 154 valence electrons. The average molecular weight is 396 g/mol. The van der Waals surface area contributed by atoms with Gasteiger partial charge in [0.15, 0.2) is 0 Å². The van der Waals surface area contributed by atoms with Crippen molar-refractivity contribution in [1.82, 2.24) is 4.90 Å². The highest BCUT2D eigenvalue weighted by Crippen LogP contribution is 2.25. The Hall–Kier alpha value is -3.02. The number of para-hydroxylation sites is 1. The Bertz CT molecular complexity index is 840. The molecule has 0 spiro atoms. The van der Waals surface area contributed by atoms with Crippen molar-refractivity contribution in [3.8, 4) is 11.5 Å². The number of hydrogen-bond donors (Lipinski definition) is 1. The van der Waals surface area contributed by atoms with Crippen molar-refractivity contribution < 1.29 is 19.1 Å². The number of amides is 2. The molecular formula is C23H28N2O4. The van der Waals surface area contributed by atoms with E-state index < -0.39 is 0 Å². The molecular weight excluding hydrogens is 368 g/mol. The molecule has 2 aromatic carbocycles. The number of methoxy groups -OCH3 is 1. The summed E-state index contributed by atoms with van der Waals surface area (Å²) in [5.41, 5.74) is 1.31. The maximum absolute atomic E-state index is 12.8. The van der Waals surface area contributed by atoms with Gasteiger partial charge in [0.1, 0.15) is 11.5 Å². The summed E-state index contributed by atoms with van der Waals surface area (Å²) in [7, 11) is 1.56. The highest BCUT2D eigenvalue weighted by molar-refractivity contribution is 5.97. The zero-order chi connectivity index (χ0) is 20.8. The van der Waals surface area contributed by atoms with Gasteiger partial charge in [-0.15, -0.1) is 0 Å². The number of carbonyl (C=O) groups is 2. The molecule has 2 aromatic rings. The predicted molar refractivity (Wildman–Crippen MR) is 112 cm³/mol. The van der Waals surface area contributed by atoms with Crippen molar-refractivity contribution in [2.75, 3.05) is 25.5 Å². The predicted octanol–water partition coefficient (Wildman–Crippen LogP) is 3.97. The van der Waals surface area contributed by atoms with E-state index in [-0.39, 0.29) is 23.8 Å². The molecule has 6 nitrogen and oxygen atoms in total. The minimum absolute atomic E-state index is 0.00748. The highest BCUT2D eigenvalue weighted by Gasteiger charge is 2.28. The first-order chi connectivity index (χ1) is 14.0. The summed E-state index contributed by atoms with van der Waals surface area (Å²) >= 11 is 0. The molecule has 1 fully saturated rings. The zero-order valence-corrected chi connectivity index (χ0v) is 17.2. The average Bonchev–Trinajstić information content (AvgIpc) is 2.74. The number of carbonyl (C=O) groups excluding carboxylic acids is 2. The molecule has 0 saturated carbocycles. The summed E-state index contributed by atoms with van der Waals surface area (Å²) in [6.07, 6.45) is 1.39. The lowest BCUT2D eigenvalue weighted by atomic mass is 9.95. The highest BCUT2D eigenvalue weighted by atomic mass is 16.5. The van der Waals surface area contributed by atoms with Gasteiger partial charge in [-0.05, 0) is 63.1 Å². The Kier molecular flexibility index (Phi) is 6.75. The largest absolute Gasteiger partial charge is 0.496 e. The Balaban J connectivity index is 1.53. The molecule has 0 aliphatic carbocycles. The standard InChI is InChI=1S/C23H28N2O4/c1-16(2)29-19-10-8-18(9-11-19)24-22(26)17-12-14-25(15-13-17)23(27)20-6-4-5-7-21(20)28-3/h4-11,16-17H,12-15H2,1-3H3,(H,24,26). The van der Waals surface area contributed by atoms with Crippen molar-refractivity contribution in [3.63, 3.8) is 0 Å². The number of nitrogens with zero attached hydrogens (tertiary/aromatic N) is 1. The van der Waals surface area contributed by atoms with Crippen LogP contribution in [0.15, 0.2) is 48.5 Å². The molecule has 6 heteroatoms. The lowest BCUT2D eigenvalue weighted by Gasteiger charge is -2.31. The van der Waals surface area contributed by atoms with E-state index in [0.29, 0.717) is 37.2 Å². The van der Waals surface area contributed by atoms with Gasteiger partial charge in [-0.2, -0.15) is 0 Å². The smallest absolute Gasteiger partial charge is 0.257 e. The molecule has 1 heterocycles. The van der Waals surface area contributed by atoms with Crippen LogP contribution in [0.1, 0.15) is 37.0 Å².